The van der Waals surface area contributed by atoms with E-state index in [1.54, 1.807) is 0 Å². The van der Waals surface area contributed by atoms with Gasteiger partial charge in [0.25, 0.3) is 0 Å². The molecule has 4 nitrogen and oxygen atoms in total. The summed E-state index contributed by atoms with van der Waals surface area (Å²) in [7, 11) is 0. The molecule has 0 amide bonds. The lowest BCUT2D eigenvalue weighted by Gasteiger charge is -2.07. The van der Waals surface area contributed by atoms with Crippen molar-refractivity contribution in [3.05, 3.63) is 0 Å². The minimum Gasteiger partial charge on any atom is -0.461 e. The Kier molecular flexibility index (Phi) is 13.9. The van der Waals surface area contributed by atoms with Gasteiger partial charge in [-0.3, -0.25) is 0 Å². The second-order valence-corrected chi connectivity index (χ2v) is 8.06. The summed E-state index contributed by atoms with van der Waals surface area (Å²) in [4.78, 5) is 11.9. The summed E-state index contributed by atoms with van der Waals surface area (Å²) < 4.78 is 5.10. The fraction of sp³-hybridized carbons (Fsp3) is 0.900. The van der Waals surface area contributed by atoms with Gasteiger partial charge in [-0.25, -0.2) is 4.79 Å². The van der Waals surface area contributed by atoms with Crippen LogP contribution in [0, 0.1) is 5.92 Å². The van der Waals surface area contributed by atoms with Crippen LogP contribution in [0.2, 0.25) is 0 Å². The molecule has 0 bridgehead atoms. The lowest BCUT2D eigenvalue weighted by Crippen LogP contribution is -2.20. The summed E-state index contributed by atoms with van der Waals surface area (Å²) in [5.41, 5.74) is 3.04. The Labute approximate surface area is 158 Å². The molecule has 0 aromatic heterocycles. The van der Waals surface area contributed by atoms with Crippen LogP contribution in [0.25, 0.3) is 0 Å². The first-order valence-electron chi connectivity index (χ1n) is 10.4. The molecule has 0 saturated heterocycles. The first-order valence-corrected chi connectivity index (χ1v) is 11.4. The molecule has 0 atom stereocenters. The van der Waals surface area contributed by atoms with Crippen LogP contribution in [0.3, 0.4) is 0 Å². The second kappa shape index (κ2) is 15.5. The predicted molar refractivity (Wildman–Crippen MR) is 109 cm³/mol. The molecule has 0 unspecified atom stereocenters. The highest BCUT2D eigenvalue weighted by atomic mass is 32.2. The number of carbonyl (C=O) groups is 1. The molecular weight excluding hydrogens is 332 g/mol. The number of nitrogens with zero attached hydrogens (tertiary/aromatic N) is 1. The number of carbonyl (C=O) groups excluding carboxylic acids is 1. The molecule has 146 valence electrons. The topological polar surface area (TPSA) is 50.7 Å². The van der Waals surface area contributed by atoms with E-state index in [0.29, 0.717) is 11.7 Å². The van der Waals surface area contributed by atoms with Gasteiger partial charge in [-0.2, -0.15) is 5.10 Å². The number of hydrogen-bond acceptors (Lipinski definition) is 5. The number of thioether (sulfide) groups is 1. The van der Waals surface area contributed by atoms with Crippen molar-refractivity contribution < 1.29 is 9.53 Å². The standard InChI is InChI=1S/C20H38N2O2S/c1-3-5-6-7-8-9-10-11-12-13-16-25-19(20(23)24-4-2)22-21-17-18-14-15-18/h18,21H,3-17H2,1-2H3/b22-19-. The van der Waals surface area contributed by atoms with Crippen LogP contribution in [-0.2, 0) is 9.53 Å². The van der Waals surface area contributed by atoms with Crippen LogP contribution < -0.4 is 5.43 Å². The van der Waals surface area contributed by atoms with Gasteiger partial charge in [-0.15, -0.1) is 0 Å². The van der Waals surface area contributed by atoms with E-state index in [1.807, 2.05) is 6.92 Å². The van der Waals surface area contributed by atoms with Crippen LogP contribution in [0.15, 0.2) is 5.10 Å². The lowest BCUT2D eigenvalue weighted by atomic mass is 10.1. The van der Waals surface area contributed by atoms with Gasteiger partial charge in [0.1, 0.15) is 0 Å². The van der Waals surface area contributed by atoms with Crippen molar-refractivity contribution in [2.75, 3.05) is 18.9 Å². The van der Waals surface area contributed by atoms with E-state index in [-0.39, 0.29) is 5.97 Å². The smallest absolute Gasteiger partial charge is 0.365 e. The Balaban J connectivity index is 2.03. The van der Waals surface area contributed by atoms with Crippen molar-refractivity contribution in [3.63, 3.8) is 0 Å². The number of unbranched alkanes of at least 4 members (excludes halogenated alkanes) is 9. The second-order valence-electron chi connectivity index (χ2n) is 6.97. The molecule has 1 rings (SSSR count). The van der Waals surface area contributed by atoms with E-state index >= 15 is 0 Å². The maximum atomic E-state index is 11.9. The summed E-state index contributed by atoms with van der Waals surface area (Å²) in [5.74, 6) is 1.40. The van der Waals surface area contributed by atoms with Crippen molar-refractivity contribution in [2.24, 2.45) is 11.0 Å². The summed E-state index contributed by atoms with van der Waals surface area (Å²) in [5, 5.41) is 4.74. The summed E-state index contributed by atoms with van der Waals surface area (Å²) in [6, 6.07) is 0. The molecule has 25 heavy (non-hydrogen) atoms. The van der Waals surface area contributed by atoms with E-state index in [2.05, 4.69) is 17.5 Å². The number of rotatable bonds is 15. The normalized spacial score (nSPS) is 14.6. The van der Waals surface area contributed by atoms with Gasteiger partial charge >= 0.3 is 5.97 Å². The average Bonchev–Trinajstić information content (AvgIpc) is 3.42. The molecule has 0 aliphatic heterocycles. The highest BCUT2D eigenvalue weighted by Gasteiger charge is 2.21. The average molecular weight is 371 g/mol. The van der Waals surface area contributed by atoms with Crippen LogP contribution in [0.4, 0.5) is 0 Å². The Morgan fingerprint density at radius 3 is 2.16 bits per heavy atom. The quantitative estimate of drug-likeness (QED) is 0.136. The third-order valence-electron chi connectivity index (χ3n) is 4.44. The Hall–Kier alpha value is -0.710. The van der Waals surface area contributed by atoms with Gasteiger partial charge in [0, 0.05) is 6.54 Å². The van der Waals surface area contributed by atoms with Crippen molar-refractivity contribution in [1.82, 2.24) is 5.43 Å². The minimum atomic E-state index is -0.289. The van der Waals surface area contributed by atoms with E-state index < -0.39 is 0 Å². The summed E-state index contributed by atoms with van der Waals surface area (Å²) in [6.07, 6.45) is 15.9. The highest BCUT2D eigenvalue weighted by molar-refractivity contribution is 8.15. The van der Waals surface area contributed by atoms with Crippen LogP contribution in [-0.4, -0.2) is 29.9 Å². The molecule has 0 aromatic rings. The number of hydrogen-bond donors (Lipinski definition) is 1. The van der Waals surface area contributed by atoms with Gasteiger partial charge in [0.05, 0.1) is 6.61 Å². The summed E-state index contributed by atoms with van der Waals surface area (Å²) in [6.45, 7) is 5.38. The van der Waals surface area contributed by atoms with E-state index in [9.17, 15) is 4.79 Å². The molecule has 1 aliphatic rings. The molecule has 1 fully saturated rings. The van der Waals surface area contributed by atoms with Gasteiger partial charge in [-0.1, -0.05) is 76.5 Å². The molecule has 0 radical (unpaired) electrons. The van der Waals surface area contributed by atoms with Gasteiger partial charge in [-0.05, 0) is 37.9 Å². The third kappa shape index (κ3) is 13.2. The molecule has 0 heterocycles. The molecule has 1 N–H and O–H groups in total. The van der Waals surface area contributed by atoms with Crippen LogP contribution in [0.5, 0.6) is 0 Å². The van der Waals surface area contributed by atoms with Crippen molar-refractivity contribution >= 4 is 22.8 Å². The first-order chi connectivity index (χ1) is 12.3. The van der Waals surface area contributed by atoms with Crippen molar-refractivity contribution in [1.29, 1.82) is 0 Å². The zero-order valence-corrected chi connectivity index (χ0v) is 17.2. The molecule has 0 spiro atoms. The predicted octanol–water partition coefficient (Wildman–Crippen LogP) is 5.52. The Bertz CT molecular complexity index is 371. The maximum Gasteiger partial charge on any atom is 0.365 e. The van der Waals surface area contributed by atoms with E-state index in [4.69, 9.17) is 4.74 Å². The molecule has 1 aliphatic carbocycles. The number of nitrogens with one attached hydrogen (secondary N) is 1. The largest absolute Gasteiger partial charge is 0.461 e. The fourth-order valence-electron chi connectivity index (χ4n) is 2.66. The van der Waals surface area contributed by atoms with E-state index in [1.165, 1.54) is 82.4 Å². The van der Waals surface area contributed by atoms with Gasteiger partial charge in [0.15, 0.2) is 0 Å². The molecule has 0 aromatic carbocycles. The number of esters is 1. The zero-order valence-electron chi connectivity index (χ0n) is 16.4. The highest BCUT2D eigenvalue weighted by Crippen LogP contribution is 2.27. The van der Waals surface area contributed by atoms with Gasteiger partial charge in [0.2, 0.25) is 5.04 Å². The Morgan fingerprint density at radius 2 is 1.60 bits per heavy atom. The fourth-order valence-corrected chi connectivity index (χ4v) is 3.50. The van der Waals surface area contributed by atoms with Gasteiger partial charge < -0.3 is 10.2 Å². The van der Waals surface area contributed by atoms with E-state index in [0.717, 1.165) is 24.6 Å². The SMILES string of the molecule is CCCCCCCCCCCCS/C(=N\NCC1CC1)C(=O)OCC. The Morgan fingerprint density at radius 1 is 1.00 bits per heavy atom. The minimum absolute atomic E-state index is 0.289. The third-order valence-corrected chi connectivity index (χ3v) is 5.47. The molecular formula is C20H38N2O2S. The summed E-state index contributed by atoms with van der Waals surface area (Å²) >= 11 is 1.53. The molecule has 1 saturated carbocycles. The number of hydrazone groups is 1. The zero-order chi connectivity index (χ0) is 18.2. The molecule has 5 heteroatoms. The van der Waals surface area contributed by atoms with Crippen LogP contribution >= 0.6 is 11.8 Å². The first kappa shape index (κ1) is 22.3. The monoisotopic (exact) mass is 370 g/mol. The maximum absolute atomic E-state index is 11.9. The van der Waals surface area contributed by atoms with Crippen molar-refractivity contribution in [2.45, 2.75) is 90.9 Å². The van der Waals surface area contributed by atoms with Crippen molar-refractivity contribution in [3.8, 4) is 0 Å². The lowest BCUT2D eigenvalue weighted by molar-refractivity contribution is -0.134. The van der Waals surface area contributed by atoms with Crippen LogP contribution in [0.1, 0.15) is 90.9 Å². The number of ether oxygens (including phenoxy) is 1.